The fourth-order valence-corrected chi connectivity index (χ4v) is 3.53. The summed E-state index contributed by atoms with van der Waals surface area (Å²) in [4.78, 5) is 2.79. The predicted molar refractivity (Wildman–Crippen MR) is 86.9 cm³/mol. The molecule has 0 aliphatic rings. The Hall–Kier alpha value is -1.32. The molecule has 2 aromatic rings. The van der Waals surface area contributed by atoms with Crippen LogP contribution in [0.5, 0.6) is 5.75 Å². The Labute approximate surface area is 125 Å². The van der Waals surface area contributed by atoms with Crippen molar-refractivity contribution in [3.63, 3.8) is 0 Å². The fraction of sp³-hybridized carbons (Fsp3) is 0.412. The molecule has 1 heterocycles. The first-order valence-electron chi connectivity index (χ1n) is 7.10. The molecule has 0 spiro atoms. The summed E-state index contributed by atoms with van der Waals surface area (Å²) in [7, 11) is 1.70. The van der Waals surface area contributed by atoms with Gasteiger partial charge in [0.1, 0.15) is 5.75 Å². The summed E-state index contributed by atoms with van der Waals surface area (Å²) in [5.41, 5.74) is 2.67. The molecule has 0 amide bonds. The van der Waals surface area contributed by atoms with Gasteiger partial charge >= 0.3 is 0 Å². The quantitative estimate of drug-likeness (QED) is 0.847. The molecule has 1 aromatic heterocycles. The molecule has 1 unspecified atom stereocenters. The van der Waals surface area contributed by atoms with Crippen molar-refractivity contribution < 1.29 is 4.74 Å². The van der Waals surface area contributed by atoms with Gasteiger partial charge in [-0.25, -0.2) is 0 Å². The van der Waals surface area contributed by atoms with E-state index < -0.39 is 0 Å². The van der Waals surface area contributed by atoms with E-state index in [0.717, 1.165) is 18.7 Å². The lowest BCUT2D eigenvalue weighted by molar-refractivity contribution is 0.414. The summed E-state index contributed by atoms with van der Waals surface area (Å²) in [6.45, 7) is 7.59. The first-order valence-corrected chi connectivity index (χ1v) is 7.91. The van der Waals surface area contributed by atoms with Crippen molar-refractivity contribution in [2.24, 2.45) is 0 Å². The van der Waals surface area contributed by atoms with E-state index in [2.05, 4.69) is 44.3 Å². The molecule has 0 bridgehead atoms. The first kappa shape index (κ1) is 15.1. The van der Waals surface area contributed by atoms with E-state index in [1.165, 1.54) is 20.9 Å². The number of aryl methyl sites for hydroxylation is 2. The van der Waals surface area contributed by atoms with Crippen LogP contribution in [0.3, 0.4) is 0 Å². The molecular formula is C17H23NOS. The second-order valence-corrected chi connectivity index (χ2v) is 6.35. The second kappa shape index (κ2) is 6.91. The van der Waals surface area contributed by atoms with Crippen LogP contribution in [0.2, 0.25) is 0 Å². The normalized spacial score (nSPS) is 12.4. The molecule has 2 rings (SSSR count). The average Bonchev–Trinajstić information content (AvgIpc) is 2.79. The van der Waals surface area contributed by atoms with Crippen molar-refractivity contribution in [1.82, 2.24) is 5.32 Å². The van der Waals surface area contributed by atoms with Crippen LogP contribution >= 0.6 is 11.3 Å². The number of hydrogen-bond acceptors (Lipinski definition) is 3. The van der Waals surface area contributed by atoms with Gasteiger partial charge in [0, 0.05) is 9.75 Å². The second-order valence-electron chi connectivity index (χ2n) is 5.06. The summed E-state index contributed by atoms with van der Waals surface area (Å²) in [5.74, 6) is 0.905. The lowest BCUT2D eigenvalue weighted by atomic mass is 10.0. The van der Waals surface area contributed by atoms with Crippen molar-refractivity contribution >= 4 is 11.3 Å². The van der Waals surface area contributed by atoms with E-state index in [1.807, 2.05) is 23.5 Å². The van der Waals surface area contributed by atoms with Crippen LogP contribution in [0, 0.1) is 13.8 Å². The topological polar surface area (TPSA) is 21.3 Å². The minimum Gasteiger partial charge on any atom is -0.497 e. The van der Waals surface area contributed by atoms with Crippen LogP contribution in [-0.2, 0) is 0 Å². The number of ether oxygens (including phenoxy) is 1. The van der Waals surface area contributed by atoms with Crippen LogP contribution in [-0.4, -0.2) is 13.7 Å². The molecule has 0 aliphatic carbocycles. The van der Waals surface area contributed by atoms with Crippen LogP contribution in [0.1, 0.15) is 40.3 Å². The Morgan fingerprint density at radius 3 is 2.40 bits per heavy atom. The number of benzene rings is 1. The zero-order valence-corrected chi connectivity index (χ0v) is 13.5. The molecule has 20 heavy (non-hydrogen) atoms. The number of methoxy groups -OCH3 is 1. The van der Waals surface area contributed by atoms with Crippen molar-refractivity contribution in [2.75, 3.05) is 13.7 Å². The van der Waals surface area contributed by atoms with E-state index >= 15 is 0 Å². The molecule has 0 saturated carbocycles. The van der Waals surface area contributed by atoms with Gasteiger partial charge in [-0.3, -0.25) is 0 Å². The van der Waals surface area contributed by atoms with Gasteiger partial charge in [-0.15, -0.1) is 11.3 Å². The highest BCUT2D eigenvalue weighted by Gasteiger charge is 2.17. The van der Waals surface area contributed by atoms with Crippen molar-refractivity contribution in [3.8, 4) is 5.75 Å². The monoisotopic (exact) mass is 289 g/mol. The van der Waals surface area contributed by atoms with E-state index in [1.54, 1.807) is 7.11 Å². The summed E-state index contributed by atoms with van der Waals surface area (Å²) in [6, 6.07) is 10.9. The van der Waals surface area contributed by atoms with Gasteiger partial charge in [-0.1, -0.05) is 19.1 Å². The van der Waals surface area contributed by atoms with Gasteiger partial charge < -0.3 is 10.1 Å². The molecule has 1 N–H and O–H groups in total. The SMILES string of the molecule is CCCNC(c1ccc(OC)cc1)c1sc(C)cc1C. The third-order valence-electron chi connectivity index (χ3n) is 3.39. The molecule has 108 valence electrons. The van der Waals surface area contributed by atoms with E-state index in [4.69, 9.17) is 4.74 Å². The maximum atomic E-state index is 5.25. The number of hydrogen-bond donors (Lipinski definition) is 1. The Kier molecular flexibility index (Phi) is 5.21. The average molecular weight is 289 g/mol. The third kappa shape index (κ3) is 3.41. The molecule has 1 atom stereocenters. The van der Waals surface area contributed by atoms with Crippen LogP contribution in [0.4, 0.5) is 0 Å². The van der Waals surface area contributed by atoms with Gasteiger partial charge in [0.2, 0.25) is 0 Å². The molecule has 0 aliphatic heterocycles. The molecule has 0 radical (unpaired) electrons. The minimum absolute atomic E-state index is 0.277. The smallest absolute Gasteiger partial charge is 0.118 e. The van der Waals surface area contributed by atoms with E-state index in [9.17, 15) is 0 Å². The lowest BCUT2D eigenvalue weighted by Gasteiger charge is -2.19. The first-order chi connectivity index (χ1) is 9.65. The maximum Gasteiger partial charge on any atom is 0.118 e. The summed E-state index contributed by atoms with van der Waals surface area (Å²) < 4.78 is 5.25. The molecule has 2 nitrogen and oxygen atoms in total. The molecule has 3 heteroatoms. The van der Waals surface area contributed by atoms with E-state index in [0.29, 0.717) is 0 Å². The van der Waals surface area contributed by atoms with Gasteiger partial charge in [0.15, 0.2) is 0 Å². The van der Waals surface area contributed by atoms with Gasteiger partial charge in [0.05, 0.1) is 13.2 Å². The predicted octanol–water partition coefficient (Wildman–Crippen LogP) is 4.46. The van der Waals surface area contributed by atoms with Gasteiger partial charge in [-0.2, -0.15) is 0 Å². The molecule has 1 aromatic carbocycles. The van der Waals surface area contributed by atoms with Gasteiger partial charge in [-0.05, 0) is 56.1 Å². The Morgan fingerprint density at radius 1 is 1.20 bits per heavy atom. The Bertz CT molecular complexity index is 545. The largest absolute Gasteiger partial charge is 0.497 e. The maximum absolute atomic E-state index is 5.25. The summed E-state index contributed by atoms with van der Waals surface area (Å²) >= 11 is 1.88. The summed E-state index contributed by atoms with van der Waals surface area (Å²) in [6.07, 6.45) is 1.13. The standard InChI is InChI=1S/C17H23NOS/c1-5-10-18-16(17-12(2)11-13(3)20-17)14-6-8-15(19-4)9-7-14/h6-9,11,16,18H,5,10H2,1-4H3. The van der Waals surface area contributed by atoms with Gasteiger partial charge in [0.25, 0.3) is 0 Å². The van der Waals surface area contributed by atoms with E-state index in [-0.39, 0.29) is 6.04 Å². The van der Waals surface area contributed by atoms with Crippen LogP contribution < -0.4 is 10.1 Å². The minimum atomic E-state index is 0.277. The van der Waals surface area contributed by atoms with Crippen molar-refractivity contribution in [2.45, 2.75) is 33.2 Å². The number of rotatable bonds is 6. The van der Waals surface area contributed by atoms with Crippen molar-refractivity contribution in [3.05, 3.63) is 51.2 Å². The fourth-order valence-electron chi connectivity index (χ4n) is 2.39. The molecule has 0 saturated heterocycles. The number of nitrogens with one attached hydrogen (secondary N) is 1. The highest BCUT2D eigenvalue weighted by Crippen LogP contribution is 2.32. The van der Waals surface area contributed by atoms with Crippen molar-refractivity contribution in [1.29, 1.82) is 0 Å². The third-order valence-corrected chi connectivity index (χ3v) is 4.61. The zero-order chi connectivity index (χ0) is 14.5. The molecule has 0 fully saturated rings. The molecular weight excluding hydrogens is 266 g/mol. The van der Waals surface area contributed by atoms with Crippen LogP contribution in [0.25, 0.3) is 0 Å². The highest BCUT2D eigenvalue weighted by atomic mass is 32.1. The lowest BCUT2D eigenvalue weighted by Crippen LogP contribution is -2.22. The summed E-state index contributed by atoms with van der Waals surface area (Å²) in [5, 5.41) is 3.66. The Morgan fingerprint density at radius 2 is 1.90 bits per heavy atom. The number of thiophene rings is 1. The zero-order valence-electron chi connectivity index (χ0n) is 12.7. The highest BCUT2D eigenvalue weighted by molar-refractivity contribution is 7.12. The van der Waals surface area contributed by atoms with Crippen LogP contribution in [0.15, 0.2) is 30.3 Å². The Balaban J connectivity index is 2.33.